The Labute approximate surface area is 188 Å². The summed E-state index contributed by atoms with van der Waals surface area (Å²) >= 11 is 0. The maximum absolute atomic E-state index is 12.5. The van der Waals surface area contributed by atoms with Gasteiger partial charge in [-0.25, -0.2) is 0 Å². The molecule has 0 bridgehead atoms. The molecule has 2 saturated heterocycles. The Balaban J connectivity index is 1.54. The first-order valence-corrected chi connectivity index (χ1v) is 13.0. The van der Waals surface area contributed by atoms with E-state index in [0.717, 1.165) is 51.9 Å². The average Bonchev–Trinajstić information content (AvgIpc) is 3.20. The summed E-state index contributed by atoms with van der Waals surface area (Å²) in [5.74, 6) is 1.41. The molecule has 0 aromatic carbocycles. The van der Waals surface area contributed by atoms with Crippen molar-refractivity contribution in [1.29, 1.82) is 0 Å². The quantitative estimate of drug-likeness (QED) is 0.600. The first-order chi connectivity index (χ1) is 14.5. The molecule has 0 aromatic heterocycles. The molecule has 2 heterocycles. The molecule has 0 amide bonds. The van der Waals surface area contributed by atoms with Crippen molar-refractivity contribution < 1.29 is 19.4 Å². The molecule has 9 unspecified atom stereocenters. The number of aliphatic carboxylic acids is 1. The van der Waals surface area contributed by atoms with E-state index in [1.165, 1.54) is 19.3 Å². The van der Waals surface area contributed by atoms with Gasteiger partial charge in [0.15, 0.2) is 0 Å². The lowest BCUT2D eigenvalue weighted by Crippen LogP contribution is -2.67. The minimum Gasteiger partial charge on any atom is -0.481 e. The van der Waals surface area contributed by atoms with Crippen molar-refractivity contribution in [3.63, 3.8) is 0 Å². The second-order valence-electron chi connectivity index (χ2n) is 13.2. The Bertz CT molecular complexity index is 727. The Morgan fingerprint density at radius 3 is 2.19 bits per heavy atom. The fraction of sp³-hybridized carbons (Fsp3) is 0.963. The molecule has 5 fully saturated rings. The van der Waals surface area contributed by atoms with Gasteiger partial charge in [0.05, 0.1) is 18.6 Å². The van der Waals surface area contributed by atoms with Crippen LogP contribution in [0.15, 0.2) is 0 Å². The van der Waals surface area contributed by atoms with Crippen LogP contribution in [0.3, 0.4) is 0 Å². The highest BCUT2D eigenvalue weighted by atomic mass is 16.5. The van der Waals surface area contributed by atoms with Crippen LogP contribution in [0.25, 0.3) is 0 Å². The number of rotatable bonds is 2. The summed E-state index contributed by atoms with van der Waals surface area (Å²) in [5, 5.41) is 10.3. The van der Waals surface area contributed by atoms with Crippen molar-refractivity contribution in [3.05, 3.63) is 0 Å². The van der Waals surface area contributed by atoms with Gasteiger partial charge in [-0.2, -0.15) is 0 Å². The summed E-state index contributed by atoms with van der Waals surface area (Å²) < 4.78 is 12.3. The summed E-state index contributed by atoms with van der Waals surface area (Å²) in [7, 11) is 0. The molecule has 9 atom stereocenters. The molecule has 4 heteroatoms. The fourth-order valence-corrected chi connectivity index (χ4v) is 10.4. The highest BCUT2D eigenvalue weighted by molar-refractivity contribution is 5.71. The zero-order valence-corrected chi connectivity index (χ0v) is 20.4. The van der Waals surface area contributed by atoms with Crippen molar-refractivity contribution in [2.75, 3.05) is 19.8 Å². The average molecular weight is 433 g/mol. The van der Waals surface area contributed by atoms with E-state index in [-0.39, 0.29) is 27.6 Å². The highest BCUT2D eigenvalue weighted by Crippen LogP contribution is 2.73. The van der Waals surface area contributed by atoms with Crippen LogP contribution in [0.1, 0.15) is 86.0 Å². The standard InChI is InChI=1S/C27H44O4/c1-24(2)11-6-18(23(28)29)27(5)19(24)7-12-25(3)20-10-15-31-22(17-9-14-30-16-17)26(20,4)13-8-21(25)27/h17-22H,6-16H2,1-5H3,(H,28,29). The SMILES string of the molecule is CC1(C)CCC(C(=O)O)C2(C)C1CCC1(C)C3CCOC(C4CCOC4)C3(C)CCC12. The van der Waals surface area contributed by atoms with Gasteiger partial charge in [-0.05, 0) is 90.8 Å². The van der Waals surface area contributed by atoms with E-state index in [9.17, 15) is 9.90 Å². The van der Waals surface area contributed by atoms with Crippen LogP contribution in [0.2, 0.25) is 0 Å². The summed E-state index contributed by atoms with van der Waals surface area (Å²) in [6.45, 7) is 14.9. The van der Waals surface area contributed by atoms with Crippen molar-refractivity contribution in [2.24, 2.45) is 51.2 Å². The number of ether oxygens (including phenoxy) is 2. The molecule has 0 aromatic rings. The molecule has 0 radical (unpaired) electrons. The Morgan fingerprint density at radius 2 is 1.52 bits per heavy atom. The maximum atomic E-state index is 12.5. The normalized spacial score (nSPS) is 53.8. The highest BCUT2D eigenvalue weighted by Gasteiger charge is 2.69. The number of carboxylic acids is 1. The van der Waals surface area contributed by atoms with E-state index in [4.69, 9.17) is 9.47 Å². The van der Waals surface area contributed by atoms with Crippen molar-refractivity contribution in [2.45, 2.75) is 92.1 Å². The van der Waals surface area contributed by atoms with Gasteiger partial charge in [0, 0.05) is 19.1 Å². The predicted molar refractivity (Wildman–Crippen MR) is 121 cm³/mol. The van der Waals surface area contributed by atoms with E-state index in [2.05, 4.69) is 34.6 Å². The largest absolute Gasteiger partial charge is 0.481 e. The Morgan fingerprint density at radius 1 is 0.806 bits per heavy atom. The van der Waals surface area contributed by atoms with Gasteiger partial charge in [0.1, 0.15) is 0 Å². The van der Waals surface area contributed by atoms with Crippen LogP contribution in [-0.2, 0) is 14.3 Å². The minimum absolute atomic E-state index is 0.105. The van der Waals surface area contributed by atoms with Gasteiger partial charge in [0.2, 0.25) is 0 Å². The van der Waals surface area contributed by atoms with E-state index in [1.807, 2.05) is 0 Å². The van der Waals surface area contributed by atoms with Gasteiger partial charge < -0.3 is 14.6 Å². The summed E-state index contributed by atoms with van der Waals surface area (Å²) in [6.07, 6.45) is 9.22. The molecule has 0 spiro atoms. The Hall–Kier alpha value is -0.610. The van der Waals surface area contributed by atoms with Crippen LogP contribution >= 0.6 is 0 Å². The zero-order valence-electron chi connectivity index (χ0n) is 20.4. The smallest absolute Gasteiger partial charge is 0.307 e. The number of hydrogen-bond acceptors (Lipinski definition) is 3. The van der Waals surface area contributed by atoms with Gasteiger partial charge >= 0.3 is 5.97 Å². The predicted octanol–water partition coefficient (Wildman–Crippen LogP) is 5.79. The van der Waals surface area contributed by atoms with Gasteiger partial charge in [-0.15, -0.1) is 0 Å². The molecule has 2 aliphatic heterocycles. The second-order valence-corrected chi connectivity index (χ2v) is 13.2. The molecule has 5 aliphatic rings. The molecular formula is C27H44O4. The lowest BCUT2D eigenvalue weighted by atomic mass is 9.34. The molecule has 3 saturated carbocycles. The van der Waals surface area contributed by atoms with Crippen LogP contribution in [0.4, 0.5) is 0 Å². The summed E-state index contributed by atoms with van der Waals surface area (Å²) in [4.78, 5) is 12.5. The number of hydrogen-bond donors (Lipinski definition) is 1. The van der Waals surface area contributed by atoms with E-state index >= 15 is 0 Å². The molecular weight excluding hydrogens is 388 g/mol. The van der Waals surface area contributed by atoms with E-state index < -0.39 is 5.97 Å². The lowest BCUT2D eigenvalue weighted by Gasteiger charge is -2.71. The number of fused-ring (bicyclic) bond motifs is 5. The van der Waals surface area contributed by atoms with Crippen LogP contribution in [-0.4, -0.2) is 37.0 Å². The van der Waals surface area contributed by atoms with Gasteiger partial charge in [-0.1, -0.05) is 34.6 Å². The monoisotopic (exact) mass is 432 g/mol. The van der Waals surface area contributed by atoms with Gasteiger partial charge in [-0.3, -0.25) is 4.79 Å². The molecule has 3 aliphatic carbocycles. The maximum Gasteiger partial charge on any atom is 0.307 e. The topological polar surface area (TPSA) is 55.8 Å². The molecule has 4 nitrogen and oxygen atoms in total. The fourth-order valence-electron chi connectivity index (χ4n) is 10.4. The van der Waals surface area contributed by atoms with Gasteiger partial charge in [0.25, 0.3) is 0 Å². The third-order valence-electron chi connectivity index (χ3n) is 11.6. The number of carboxylic acid groups (broad SMARTS) is 1. The number of carbonyl (C=O) groups is 1. The summed E-state index contributed by atoms with van der Waals surface area (Å²) in [6, 6.07) is 0. The third-order valence-corrected chi connectivity index (χ3v) is 11.6. The zero-order chi connectivity index (χ0) is 22.2. The minimum atomic E-state index is -0.548. The molecule has 176 valence electrons. The van der Waals surface area contributed by atoms with Crippen LogP contribution < -0.4 is 0 Å². The first kappa shape index (κ1) is 22.2. The first-order valence-electron chi connectivity index (χ1n) is 13.0. The van der Waals surface area contributed by atoms with Crippen molar-refractivity contribution >= 4 is 5.97 Å². The molecule has 5 rings (SSSR count). The molecule has 31 heavy (non-hydrogen) atoms. The second kappa shape index (κ2) is 7.19. The van der Waals surface area contributed by atoms with Crippen LogP contribution in [0.5, 0.6) is 0 Å². The summed E-state index contributed by atoms with van der Waals surface area (Å²) in [5.41, 5.74) is 0.531. The molecule has 1 N–H and O–H groups in total. The van der Waals surface area contributed by atoms with Crippen molar-refractivity contribution in [3.8, 4) is 0 Å². The lowest BCUT2D eigenvalue weighted by molar-refractivity contribution is -0.255. The Kier molecular flexibility index (Phi) is 5.15. The third kappa shape index (κ3) is 2.95. The van der Waals surface area contributed by atoms with E-state index in [1.54, 1.807) is 0 Å². The van der Waals surface area contributed by atoms with Crippen LogP contribution in [0, 0.1) is 51.2 Å². The van der Waals surface area contributed by atoms with E-state index in [0.29, 0.717) is 29.8 Å². The van der Waals surface area contributed by atoms with Crippen molar-refractivity contribution in [1.82, 2.24) is 0 Å².